The van der Waals surface area contributed by atoms with Crippen LogP contribution in [0.4, 0.5) is 0 Å². The van der Waals surface area contributed by atoms with Crippen molar-refractivity contribution < 1.29 is 9.53 Å². The van der Waals surface area contributed by atoms with Gasteiger partial charge in [-0.25, -0.2) is 4.79 Å². The molecule has 0 heterocycles. The summed E-state index contributed by atoms with van der Waals surface area (Å²) in [6.07, 6.45) is 1.62. The van der Waals surface area contributed by atoms with Crippen LogP contribution in [0.1, 0.15) is 30.5 Å². The SMILES string of the molecule is COc1c(C)cc(C(C)(C)N=C=O)cc1C. The molecule has 0 saturated carbocycles. The molecule has 0 fully saturated rings. The average Bonchev–Trinajstić information content (AvgIpc) is 2.17. The minimum atomic E-state index is -0.538. The first-order valence-corrected chi connectivity index (χ1v) is 5.17. The summed E-state index contributed by atoms with van der Waals surface area (Å²) < 4.78 is 5.30. The first kappa shape index (κ1) is 12.5. The summed E-state index contributed by atoms with van der Waals surface area (Å²) in [5.41, 5.74) is 2.55. The molecule has 0 atom stereocenters. The number of benzene rings is 1. The Bertz CT molecular complexity index is 420. The van der Waals surface area contributed by atoms with Crippen LogP contribution in [0.5, 0.6) is 5.75 Å². The molecule has 0 unspecified atom stereocenters. The number of hydrogen-bond acceptors (Lipinski definition) is 3. The van der Waals surface area contributed by atoms with Gasteiger partial charge in [-0.05, 0) is 56.5 Å². The van der Waals surface area contributed by atoms with Crippen molar-refractivity contribution >= 4 is 6.08 Å². The monoisotopic (exact) mass is 219 g/mol. The second-order valence-corrected chi connectivity index (χ2v) is 4.41. The van der Waals surface area contributed by atoms with Gasteiger partial charge in [0.1, 0.15) is 5.75 Å². The van der Waals surface area contributed by atoms with E-state index in [-0.39, 0.29) is 0 Å². The maximum atomic E-state index is 10.4. The fraction of sp³-hybridized carbons (Fsp3) is 0.462. The molecule has 3 heteroatoms. The van der Waals surface area contributed by atoms with E-state index in [1.165, 1.54) is 0 Å². The minimum absolute atomic E-state index is 0.538. The number of ether oxygens (including phenoxy) is 1. The molecular weight excluding hydrogens is 202 g/mol. The van der Waals surface area contributed by atoms with Crippen LogP contribution in [-0.2, 0) is 10.3 Å². The molecule has 0 aliphatic carbocycles. The lowest BCUT2D eigenvalue weighted by Gasteiger charge is -2.20. The summed E-state index contributed by atoms with van der Waals surface area (Å²) in [6, 6.07) is 3.99. The summed E-state index contributed by atoms with van der Waals surface area (Å²) in [6.45, 7) is 7.74. The number of carbonyl (C=O) groups excluding carboxylic acids is 1. The van der Waals surface area contributed by atoms with E-state index in [9.17, 15) is 4.79 Å². The van der Waals surface area contributed by atoms with Crippen LogP contribution in [0, 0.1) is 13.8 Å². The van der Waals surface area contributed by atoms with Crippen LogP contribution in [0.15, 0.2) is 17.1 Å². The van der Waals surface area contributed by atoms with E-state index in [0.717, 1.165) is 22.4 Å². The van der Waals surface area contributed by atoms with E-state index >= 15 is 0 Å². The molecule has 0 aliphatic heterocycles. The fourth-order valence-electron chi connectivity index (χ4n) is 1.80. The van der Waals surface area contributed by atoms with Gasteiger partial charge in [-0.15, -0.1) is 0 Å². The molecule has 0 saturated heterocycles. The molecule has 0 spiro atoms. The van der Waals surface area contributed by atoms with Gasteiger partial charge in [0.25, 0.3) is 0 Å². The van der Waals surface area contributed by atoms with Gasteiger partial charge < -0.3 is 4.74 Å². The largest absolute Gasteiger partial charge is 0.496 e. The highest BCUT2D eigenvalue weighted by Crippen LogP contribution is 2.31. The van der Waals surface area contributed by atoms with Crippen LogP contribution in [0.25, 0.3) is 0 Å². The molecule has 86 valence electrons. The molecule has 3 nitrogen and oxygen atoms in total. The predicted molar refractivity (Wildman–Crippen MR) is 63.6 cm³/mol. The van der Waals surface area contributed by atoms with Crippen LogP contribution in [-0.4, -0.2) is 13.2 Å². The molecule has 1 aromatic carbocycles. The lowest BCUT2D eigenvalue weighted by molar-refractivity contribution is 0.407. The Hall–Kier alpha value is -1.60. The lowest BCUT2D eigenvalue weighted by Crippen LogP contribution is -2.14. The molecule has 16 heavy (non-hydrogen) atoms. The van der Waals surface area contributed by atoms with E-state index in [2.05, 4.69) is 4.99 Å². The van der Waals surface area contributed by atoms with Gasteiger partial charge in [0.05, 0.1) is 12.6 Å². The van der Waals surface area contributed by atoms with Crippen molar-refractivity contribution in [1.29, 1.82) is 0 Å². The van der Waals surface area contributed by atoms with Crippen molar-refractivity contribution in [3.63, 3.8) is 0 Å². The van der Waals surface area contributed by atoms with Gasteiger partial charge >= 0.3 is 0 Å². The van der Waals surface area contributed by atoms with Crippen LogP contribution < -0.4 is 4.74 Å². The minimum Gasteiger partial charge on any atom is -0.496 e. The molecule has 0 aliphatic rings. The molecule has 0 aromatic heterocycles. The second-order valence-electron chi connectivity index (χ2n) is 4.41. The number of nitrogens with zero attached hydrogens (tertiary/aromatic N) is 1. The normalized spacial score (nSPS) is 10.8. The first-order valence-electron chi connectivity index (χ1n) is 5.17. The zero-order valence-electron chi connectivity index (χ0n) is 10.4. The zero-order chi connectivity index (χ0) is 12.3. The van der Waals surface area contributed by atoms with Crippen molar-refractivity contribution in [1.82, 2.24) is 0 Å². The first-order chi connectivity index (χ1) is 7.42. The summed E-state index contributed by atoms with van der Waals surface area (Å²) in [7, 11) is 1.66. The van der Waals surface area contributed by atoms with Gasteiger partial charge in [0.15, 0.2) is 0 Å². The quantitative estimate of drug-likeness (QED) is 0.579. The molecule has 0 bridgehead atoms. The number of rotatable bonds is 3. The van der Waals surface area contributed by atoms with Crippen molar-refractivity contribution in [2.24, 2.45) is 4.99 Å². The molecular formula is C13H17NO2. The Labute approximate surface area is 96.2 Å². The van der Waals surface area contributed by atoms with Gasteiger partial charge in [0, 0.05) is 0 Å². The van der Waals surface area contributed by atoms with Crippen molar-refractivity contribution in [2.75, 3.05) is 7.11 Å². The number of aryl methyl sites for hydroxylation is 2. The number of aliphatic imine (C=N–C) groups is 1. The van der Waals surface area contributed by atoms with E-state index in [4.69, 9.17) is 4.74 Å². The van der Waals surface area contributed by atoms with Crippen LogP contribution in [0.3, 0.4) is 0 Å². The number of isocyanates is 1. The molecule has 0 radical (unpaired) electrons. The highest BCUT2D eigenvalue weighted by Gasteiger charge is 2.21. The third-order valence-corrected chi connectivity index (χ3v) is 2.70. The van der Waals surface area contributed by atoms with Crippen molar-refractivity contribution in [3.05, 3.63) is 28.8 Å². The van der Waals surface area contributed by atoms with E-state index in [1.54, 1.807) is 13.2 Å². The van der Waals surface area contributed by atoms with E-state index in [0.29, 0.717) is 0 Å². The standard InChI is InChI=1S/C13H17NO2/c1-9-6-11(13(3,4)14-8-15)7-10(2)12(9)16-5/h6-7H,1-5H3. The molecule has 1 rings (SSSR count). The van der Waals surface area contributed by atoms with Crippen molar-refractivity contribution in [3.8, 4) is 5.75 Å². The smallest absolute Gasteiger partial charge is 0.235 e. The second kappa shape index (κ2) is 4.50. The molecule has 0 N–H and O–H groups in total. The average molecular weight is 219 g/mol. The van der Waals surface area contributed by atoms with E-state index in [1.807, 2.05) is 39.8 Å². The van der Waals surface area contributed by atoms with Gasteiger partial charge in [-0.3, -0.25) is 0 Å². The molecule has 0 amide bonds. The van der Waals surface area contributed by atoms with E-state index < -0.39 is 5.54 Å². The topological polar surface area (TPSA) is 38.7 Å². The summed E-state index contributed by atoms with van der Waals surface area (Å²) >= 11 is 0. The fourth-order valence-corrected chi connectivity index (χ4v) is 1.80. The van der Waals surface area contributed by atoms with Gasteiger partial charge in [-0.2, -0.15) is 4.99 Å². The lowest BCUT2D eigenvalue weighted by atomic mass is 9.91. The van der Waals surface area contributed by atoms with Gasteiger partial charge in [0.2, 0.25) is 6.08 Å². The Morgan fingerprint density at radius 1 is 1.25 bits per heavy atom. The number of hydrogen-bond donors (Lipinski definition) is 0. The maximum absolute atomic E-state index is 10.4. The highest BCUT2D eigenvalue weighted by atomic mass is 16.5. The Balaban J connectivity index is 3.33. The maximum Gasteiger partial charge on any atom is 0.235 e. The van der Waals surface area contributed by atoms with Crippen LogP contribution in [0.2, 0.25) is 0 Å². The predicted octanol–water partition coefficient (Wildman–Crippen LogP) is 2.88. The third kappa shape index (κ3) is 2.31. The summed E-state index contributed by atoms with van der Waals surface area (Å²) in [5.74, 6) is 0.884. The third-order valence-electron chi connectivity index (χ3n) is 2.70. The Kier molecular flexibility index (Phi) is 3.51. The Morgan fingerprint density at radius 3 is 2.12 bits per heavy atom. The summed E-state index contributed by atoms with van der Waals surface area (Å²) in [4.78, 5) is 14.2. The zero-order valence-corrected chi connectivity index (χ0v) is 10.4. The highest BCUT2D eigenvalue weighted by molar-refractivity contribution is 5.46. The van der Waals surface area contributed by atoms with Gasteiger partial charge in [-0.1, -0.05) is 0 Å². The summed E-state index contributed by atoms with van der Waals surface area (Å²) in [5, 5.41) is 0. The van der Waals surface area contributed by atoms with Crippen LogP contribution >= 0.6 is 0 Å². The van der Waals surface area contributed by atoms with Crippen molar-refractivity contribution in [2.45, 2.75) is 33.2 Å². The number of methoxy groups -OCH3 is 1. The molecule has 1 aromatic rings. The Morgan fingerprint density at radius 2 is 1.75 bits per heavy atom.